The van der Waals surface area contributed by atoms with Crippen molar-refractivity contribution in [2.24, 2.45) is 22.2 Å². The molecular formula is C22H30O4. The maximum absolute atomic E-state index is 12.6. The summed E-state index contributed by atoms with van der Waals surface area (Å²) in [6, 6.07) is 0. The number of fused-ring (bicyclic) bond motifs is 1. The Morgan fingerprint density at radius 3 is 2.62 bits per heavy atom. The molecule has 1 saturated heterocycles. The maximum Gasteiger partial charge on any atom is 0.302 e. The van der Waals surface area contributed by atoms with Crippen LogP contribution in [0.25, 0.3) is 0 Å². The lowest BCUT2D eigenvalue weighted by atomic mass is 9.44. The molecule has 0 aromatic carbocycles. The number of hydrogen-bond acceptors (Lipinski definition) is 4. The van der Waals surface area contributed by atoms with Crippen LogP contribution in [0.15, 0.2) is 24.8 Å². The monoisotopic (exact) mass is 358 g/mol. The van der Waals surface area contributed by atoms with E-state index in [4.69, 9.17) is 9.47 Å². The van der Waals surface area contributed by atoms with Crippen LogP contribution in [0.2, 0.25) is 0 Å². The number of esters is 1. The van der Waals surface area contributed by atoms with E-state index in [0.717, 1.165) is 25.7 Å². The summed E-state index contributed by atoms with van der Waals surface area (Å²) in [5, 5.41) is 0. The summed E-state index contributed by atoms with van der Waals surface area (Å²) in [4.78, 5) is 24.5. The van der Waals surface area contributed by atoms with Crippen molar-refractivity contribution >= 4 is 11.8 Å². The van der Waals surface area contributed by atoms with Gasteiger partial charge in [-0.15, -0.1) is 6.58 Å². The summed E-state index contributed by atoms with van der Waals surface area (Å²) < 4.78 is 12.5. The van der Waals surface area contributed by atoms with Gasteiger partial charge in [0.25, 0.3) is 0 Å². The van der Waals surface area contributed by atoms with E-state index in [1.54, 1.807) is 6.08 Å². The molecule has 0 radical (unpaired) electrons. The molecule has 0 aromatic rings. The van der Waals surface area contributed by atoms with Crippen molar-refractivity contribution in [1.29, 1.82) is 0 Å². The molecular weight excluding hydrogens is 328 g/mol. The molecule has 0 aromatic heterocycles. The van der Waals surface area contributed by atoms with Crippen LogP contribution in [0.3, 0.4) is 0 Å². The fourth-order valence-corrected chi connectivity index (χ4v) is 6.49. The van der Waals surface area contributed by atoms with Crippen LogP contribution in [0.5, 0.6) is 0 Å². The Morgan fingerprint density at radius 2 is 2.00 bits per heavy atom. The topological polar surface area (TPSA) is 55.9 Å². The first kappa shape index (κ1) is 18.0. The molecule has 3 fully saturated rings. The van der Waals surface area contributed by atoms with Crippen molar-refractivity contribution in [3.63, 3.8) is 0 Å². The van der Waals surface area contributed by atoms with Crippen molar-refractivity contribution in [2.75, 3.05) is 0 Å². The summed E-state index contributed by atoms with van der Waals surface area (Å²) in [6.07, 6.45) is 9.05. The lowest BCUT2D eigenvalue weighted by Gasteiger charge is -2.58. The zero-order valence-corrected chi connectivity index (χ0v) is 16.6. The second-order valence-corrected chi connectivity index (χ2v) is 9.87. The van der Waals surface area contributed by atoms with E-state index >= 15 is 0 Å². The minimum atomic E-state index is -0.560. The molecule has 3 aliphatic carbocycles. The molecule has 142 valence electrons. The molecule has 0 N–H and O–H groups in total. The Morgan fingerprint density at radius 1 is 1.31 bits per heavy atom. The van der Waals surface area contributed by atoms with Crippen molar-refractivity contribution in [3.8, 4) is 0 Å². The highest BCUT2D eigenvalue weighted by Crippen LogP contribution is 2.78. The van der Waals surface area contributed by atoms with Gasteiger partial charge in [0.05, 0.1) is 5.41 Å². The number of carbonyl (C=O) groups is 2. The second kappa shape index (κ2) is 4.89. The lowest BCUT2D eigenvalue weighted by Crippen LogP contribution is -2.64. The Kier molecular flexibility index (Phi) is 3.38. The Hall–Kier alpha value is -1.42. The molecule has 0 amide bonds. The first-order chi connectivity index (χ1) is 12.0. The molecule has 4 heteroatoms. The lowest BCUT2D eigenvalue weighted by molar-refractivity contribution is -0.176. The summed E-state index contributed by atoms with van der Waals surface area (Å²) in [5.74, 6) is 0.225. The number of allylic oxidation sites excluding steroid dienone is 2. The SMILES string of the molecule is C=CC1(C)CC2CCC34OC3(C=CC(=O)C4(C)C)C2(C)C(OC(C)=O)C1. The summed E-state index contributed by atoms with van der Waals surface area (Å²) >= 11 is 0. The van der Waals surface area contributed by atoms with Gasteiger partial charge >= 0.3 is 5.97 Å². The van der Waals surface area contributed by atoms with Crippen LogP contribution in [0, 0.1) is 22.2 Å². The van der Waals surface area contributed by atoms with Gasteiger partial charge in [-0.25, -0.2) is 0 Å². The molecule has 2 saturated carbocycles. The van der Waals surface area contributed by atoms with Crippen LogP contribution < -0.4 is 0 Å². The third-order valence-electron chi connectivity index (χ3n) is 8.32. The normalized spacial score (nSPS) is 50.9. The quantitative estimate of drug-likeness (QED) is 0.425. The fraction of sp³-hybridized carbons (Fsp3) is 0.727. The molecule has 6 atom stereocenters. The van der Waals surface area contributed by atoms with Crippen molar-refractivity contribution in [1.82, 2.24) is 0 Å². The average Bonchev–Trinajstić information content (AvgIpc) is 3.26. The minimum Gasteiger partial charge on any atom is -0.462 e. The molecule has 0 spiro atoms. The molecule has 1 aliphatic heterocycles. The van der Waals surface area contributed by atoms with Gasteiger partial charge in [-0.3, -0.25) is 9.59 Å². The van der Waals surface area contributed by atoms with Gasteiger partial charge in [0.15, 0.2) is 5.78 Å². The van der Waals surface area contributed by atoms with E-state index in [1.807, 2.05) is 26.0 Å². The van der Waals surface area contributed by atoms with Crippen LogP contribution >= 0.6 is 0 Å². The fourth-order valence-electron chi connectivity index (χ4n) is 6.49. The minimum absolute atomic E-state index is 0.0560. The van der Waals surface area contributed by atoms with E-state index in [0.29, 0.717) is 5.92 Å². The largest absolute Gasteiger partial charge is 0.462 e. The third-order valence-corrected chi connectivity index (χ3v) is 8.32. The molecule has 0 bridgehead atoms. The maximum atomic E-state index is 12.6. The predicted octanol–water partition coefficient (Wildman–Crippen LogP) is 3.99. The number of rotatable bonds is 2. The van der Waals surface area contributed by atoms with Crippen LogP contribution in [-0.4, -0.2) is 29.1 Å². The number of ketones is 1. The number of hydrogen-bond donors (Lipinski definition) is 0. The smallest absolute Gasteiger partial charge is 0.302 e. The Labute approximate surface area is 156 Å². The molecule has 4 aliphatic rings. The third kappa shape index (κ3) is 1.79. The predicted molar refractivity (Wildman–Crippen MR) is 98.4 cm³/mol. The van der Waals surface area contributed by atoms with Crippen LogP contribution in [0.4, 0.5) is 0 Å². The number of ether oxygens (including phenoxy) is 2. The zero-order chi connectivity index (χ0) is 19.2. The van der Waals surface area contributed by atoms with E-state index in [9.17, 15) is 9.59 Å². The molecule has 1 heterocycles. The highest BCUT2D eigenvalue weighted by Gasteiger charge is 2.87. The van der Waals surface area contributed by atoms with Gasteiger partial charge in [-0.05, 0) is 63.0 Å². The highest BCUT2D eigenvalue weighted by atomic mass is 16.6. The molecule has 6 unspecified atom stereocenters. The average molecular weight is 358 g/mol. The standard InChI is InChI=1S/C22H30O4/c1-7-19(5)12-15-8-10-21-18(3,4)16(24)9-11-22(21,26-21)20(15,6)17(13-19)25-14(2)23/h7,9,11,15,17H,1,8,10,12-13H2,2-6H3. The zero-order valence-electron chi connectivity index (χ0n) is 16.6. The van der Waals surface area contributed by atoms with Crippen molar-refractivity contribution < 1.29 is 19.1 Å². The summed E-state index contributed by atoms with van der Waals surface area (Å²) in [5.41, 5.74) is -1.95. The van der Waals surface area contributed by atoms with E-state index < -0.39 is 16.6 Å². The van der Waals surface area contributed by atoms with Gasteiger partial charge in [-0.1, -0.05) is 19.9 Å². The van der Waals surface area contributed by atoms with Crippen LogP contribution in [-0.2, 0) is 19.1 Å². The van der Waals surface area contributed by atoms with Crippen molar-refractivity contribution in [2.45, 2.75) is 77.6 Å². The van der Waals surface area contributed by atoms with E-state index in [2.05, 4.69) is 20.4 Å². The van der Waals surface area contributed by atoms with Gasteiger partial charge < -0.3 is 9.47 Å². The van der Waals surface area contributed by atoms with Gasteiger partial charge in [0.2, 0.25) is 0 Å². The summed E-state index contributed by atoms with van der Waals surface area (Å²) in [6.45, 7) is 13.9. The second-order valence-electron chi connectivity index (χ2n) is 9.87. The van der Waals surface area contributed by atoms with Gasteiger partial charge in [0.1, 0.15) is 17.3 Å². The first-order valence-electron chi connectivity index (χ1n) is 9.73. The Bertz CT molecular complexity index is 736. The molecule has 26 heavy (non-hydrogen) atoms. The number of carbonyl (C=O) groups excluding carboxylic acids is 2. The Balaban J connectivity index is 1.85. The van der Waals surface area contributed by atoms with Crippen molar-refractivity contribution in [3.05, 3.63) is 24.8 Å². The highest BCUT2D eigenvalue weighted by molar-refractivity contribution is 5.98. The van der Waals surface area contributed by atoms with E-state index in [-0.39, 0.29) is 28.7 Å². The summed E-state index contributed by atoms with van der Waals surface area (Å²) in [7, 11) is 0. The van der Waals surface area contributed by atoms with Gasteiger partial charge in [-0.2, -0.15) is 0 Å². The van der Waals surface area contributed by atoms with E-state index in [1.165, 1.54) is 6.92 Å². The van der Waals surface area contributed by atoms with Gasteiger partial charge in [0, 0.05) is 12.3 Å². The molecule has 4 nitrogen and oxygen atoms in total. The molecule has 4 rings (SSSR count). The number of epoxide rings is 1. The first-order valence-corrected chi connectivity index (χ1v) is 9.73. The van der Waals surface area contributed by atoms with Crippen LogP contribution in [0.1, 0.15) is 60.3 Å².